The lowest BCUT2D eigenvalue weighted by Gasteiger charge is -2.07. The van der Waals surface area contributed by atoms with Crippen molar-refractivity contribution in [2.45, 2.75) is 25.4 Å². The maximum absolute atomic E-state index is 12.1. The summed E-state index contributed by atoms with van der Waals surface area (Å²) in [5, 5.41) is 11.8. The average Bonchev–Trinajstić information content (AvgIpc) is 2.92. The average molecular weight is 362 g/mol. The van der Waals surface area contributed by atoms with Crippen molar-refractivity contribution >= 4 is 29.3 Å². The number of methoxy groups -OCH3 is 1. The molecule has 1 N–H and O–H groups in total. The molecule has 1 heterocycles. The van der Waals surface area contributed by atoms with Gasteiger partial charge in [0.1, 0.15) is 5.82 Å². The zero-order chi connectivity index (χ0) is 18.4. The number of carbonyl (C=O) groups excluding carboxylic acids is 2. The number of anilines is 1. The van der Waals surface area contributed by atoms with Crippen molar-refractivity contribution in [2.75, 3.05) is 18.2 Å². The topological polar surface area (TPSA) is 86.1 Å². The van der Waals surface area contributed by atoms with Crippen LogP contribution in [0.15, 0.2) is 29.4 Å². The van der Waals surface area contributed by atoms with E-state index in [2.05, 4.69) is 34.1 Å². The Balaban J connectivity index is 1.88. The minimum Gasteiger partial charge on any atom is -0.465 e. The Hall–Kier alpha value is -2.35. The lowest BCUT2D eigenvalue weighted by molar-refractivity contribution is -0.113. The molecule has 1 amide bonds. The molecule has 0 atom stereocenters. The number of esters is 1. The van der Waals surface area contributed by atoms with E-state index in [1.54, 1.807) is 24.3 Å². The molecule has 2 aromatic rings. The van der Waals surface area contributed by atoms with Gasteiger partial charge in [0.15, 0.2) is 5.16 Å². The Kier molecular flexibility index (Phi) is 6.58. The first-order valence-corrected chi connectivity index (χ1v) is 8.88. The van der Waals surface area contributed by atoms with Crippen LogP contribution in [0.1, 0.15) is 30.0 Å². The van der Waals surface area contributed by atoms with Crippen LogP contribution in [0.5, 0.6) is 0 Å². The quantitative estimate of drug-likeness (QED) is 0.602. The molecule has 0 saturated carbocycles. The molecule has 2 rings (SSSR count). The molecule has 134 valence electrons. The minimum absolute atomic E-state index is 0.149. The summed E-state index contributed by atoms with van der Waals surface area (Å²) in [6.45, 7) is 4.25. The first-order valence-electron chi connectivity index (χ1n) is 7.90. The first kappa shape index (κ1) is 19.0. The van der Waals surface area contributed by atoms with Gasteiger partial charge in [-0.2, -0.15) is 0 Å². The number of benzene rings is 1. The van der Waals surface area contributed by atoms with Gasteiger partial charge in [-0.15, -0.1) is 10.2 Å². The molecule has 7 nitrogen and oxygen atoms in total. The van der Waals surface area contributed by atoms with Crippen LogP contribution < -0.4 is 5.32 Å². The number of hydrogen-bond donors (Lipinski definition) is 1. The molecule has 8 heteroatoms. The molecule has 0 radical (unpaired) electrons. The molecule has 0 aliphatic rings. The zero-order valence-electron chi connectivity index (χ0n) is 14.8. The second kappa shape index (κ2) is 8.66. The smallest absolute Gasteiger partial charge is 0.337 e. The van der Waals surface area contributed by atoms with E-state index in [1.165, 1.54) is 18.9 Å². The van der Waals surface area contributed by atoms with Crippen LogP contribution in [-0.2, 0) is 23.0 Å². The fraction of sp³-hybridized carbons (Fsp3) is 0.412. The van der Waals surface area contributed by atoms with Crippen LogP contribution in [0.25, 0.3) is 0 Å². The molecule has 0 fully saturated rings. The van der Waals surface area contributed by atoms with E-state index in [9.17, 15) is 9.59 Å². The van der Waals surface area contributed by atoms with E-state index in [0.29, 0.717) is 22.3 Å². The van der Waals surface area contributed by atoms with Gasteiger partial charge in [0.25, 0.3) is 0 Å². The number of aromatic nitrogens is 3. The summed E-state index contributed by atoms with van der Waals surface area (Å²) in [5.41, 5.74) is 1.06. The molecule has 0 bridgehead atoms. The summed E-state index contributed by atoms with van der Waals surface area (Å²) in [4.78, 5) is 23.5. The first-order chi connectivity index (χ1) is 11.9. The normalized spacial score (nSPS) is 10.8. The van der Waals surface area contributed by atoms with E-state index in [4.69, 9.17) is 0 Å². The molecule has 0 aliphatic carbocycles. The number of thioether (sulfide) groups is 1. The zero-order valence-corrected chi connectivity index (χ0v) is 15.6. The Bertz CT molecular complexity index is 741. The second-order valence-electron chi connectivity index (χ2n) is 5.96. The summed E-state index contributed by atoms with van der Waals surface area (Å²) in [6.07, 6.45) is 0.850. The molecule has 0 saturated heterocycles. The molecule has 0 spiro atoms. The fourth-order valence-corrected chi connectivity index (χ4v) is 2.88. The predicted molar refractivity (Wildman–Crippen MR) is 96.7 cm³/mol. The summed E-state index contributed by atoms with van der Waals surface area (Å²) < 4.78 is 6.56. The SMILES string of the molecule is COC(=O)c1ccc(NC(=O)CSc2nnc(CC(C)C)n2C)cc1. The highest BCUT2D eigenvalue weighted by atomic mass is 32.2. The summed E-state index contributed by atoms with van der Waals surface area (Å²) in [5.74, 6) is 1.08. The van der Waals surface area contributed by atoms with Crippen molar-refractivity contribution in [2.24, 2.45) is 13.0 Å². The van der Waals surface area contributed by atoms with Crippen molar-refractivity contribution < 1.29 is 14.3 Å². The molecule has 25 heavy (non-hydrogen) atoms. The van der Waals surface area contributed by atoms with Crippen molar-refractivity contribution in [3.8, 4) is 0 Å². The van der Waals surface area contributed by atoms with Gasteiger partial charge in [-0.25, -0.2) is 4.79 Å². The monoisotopic (exact) mass is 362 g/mol. The fourth-order valence-electron chi connectivity index (χ4n) is 2.15. The number of hydrogen-bond acceptors (Lipinski definition) is 6. The Morgan fingerprint density at radius 1 is 1.24 bits per heavy atom. The minimum atomic E-state index is -0.409. The standard InChI is InChI=1S/C17H22N4O3S/c1-11(2)9-14-19-20-17(21(14)3)25-10-15(22)18-13-7-5-12(6-8-13)16(23)24-4/h5-8,11H,9-10H2,1-4H3,(H,18,22). The number of rotatable bonds is 7. The van der Waals surface area contributed by atoms with E-state index >= 15 is 0 Å². The van der Waals surface area contributed by atoms with Gasteiger partial charge < -0.3 is 14.6 Å². The van der Waals surface area contributed by atoms with Crippen LogP contribution >= 0.6 is 11.8 Å². The van der Waals surface area contributed by atoms with Crippen molar-refractivity contribution in [3.05, 3.63) is 35.7 Å². The number of amides is 1. The molecule has 0 unspecified atom stereocenters. The molecule has 0 aliphatic heterocycles. The van der Waals surface area contributed by atoms with Crippen LogP contribution in [0.2, 0.25) is 0 Å². The van der Waals surface area contributed by atoms with E-state index in [1.807, 2.05) is 11.6 Å². The predicted octanol–water partition coefficient (Wildman–Crippen LogP) is 2.53. The largest absolute Gasteiger partial charge is 0.465 e. The van der Waals surface area contributed by atoms with Gasteiger partial charge in [-0.05, 0) is 30.2 Å². The summed E-state index contributed by atoms with van der Waals surface area (Å²) >= 11 is 1.34. The maximum atomic E-state index is 12.1. The Morgan fingerprint density at radius 3 is 2.52 bits per heavy atom. The van der Waals surface area contributed by atoms with Gasteiger partial charge in [-0.3, -0.25) is 4.79 Å². The van der Waals surface area contributed by atoms with Crippen LogP contribution in [-0.4, -0.2) is 39.5 Å². The number of nitrogens with zero attached hydrogens (tertiary/aromatic N) is 3. The lowest BCUT2D eigenvalue weighted by Crippen LogP contribution is -2.14. The highest BCUT2D eigenvalue weighted by Gasteiger charge is 2.13. The maximum Gasteiger partial charge on any atom is 0.337 e. The molecular weight excluding hydrogens is 340 g/mol. The van der Waals surface area contributed by atoms with Gasteiger partial charge in [0.2, 0.25) is 5.91 Å². The number of ether oxygens (including phenoxy) is 1. The molecule has 1 aromatic carbocycles. The Morgan fingerprint density at radius 2 is 1.92 bits per heavy atom. The second-order valence-corrected chi connectivity index (χ2v) is 6.90. The van der Waals surface area contributed by atoms with Gasteiger partial charge in [-0.1, -0.05) is 25.6 Å². The number of nitrogens with one attached hydrogen (secondary N) is 1. The number of carbonyl (C=O) groups is 2. The van der Waals surface area contributed by atoms with Crippen LogP contribution in [0.3, 0.4) is 0 Å². The van der Waals surface area contributed by atoms with E-state index < -0.39 is 5.97 Å². The van der Waals surface area contributed by atoms with Gasteiger partial charge in [0, 0.05) is 19.2 Å². The van der Waals surface area contributed by atoms with Crippen molar-refractivity contribution in [1.29, 1.82) is 0 Å². The van der Waals surface area contributed by atoms with Crippen LogP contribution in [0, 0.1) is 5.92 Å². The molecule has 1 aromatic heterocycles. The highest BCUT2D eigenvalue weighted by molar-refractivity contribution is 7.99. The third-order valence-corrected chi connectivity index (χ3v) is 4.46. The Labute approximate surface area is 151 Å². The van der Waals surface area contributed by atoms with E-state index in [-0.39, 0.29) is 11.7 Å². The third-order valence-electron chi connectivity index (χ3n) is 3.44. The molecular formula is C17H22N4O3S. The van der Waals surface area contributed by atoms with E-state index in [0.717, 1.165) is 12.2 Å². The van der Waals surface area contributed by atoms with Crippen LogP contribution in [0.4, 0.5) is 5.69 Å². The van der Waals surface area contributed by atoms with Crippen molar-refractivity contribution in [3.63, 3.8) is 0 Å². The highest BCUT2D eigenvalue weighted by Crippen LogP contribution is 2.18. The summed E-state index contributed by atoms with van der Waals surface area (Å²) in [7, 11) is 3.23. The van der Waals surface area contributed by atoms with Gasteiger partial charge >= 0.3 is 5.97 Å². The third kappa shape index (κ3) is 5.32. The summed E-state index contributed by atoms with van der Waals surface area (Å²) in [6, 6.07) is 6.54. The van der Waals surface area contributed by atoms with Crippen molar-refractivity contribution in [1.82, 2.24) is 14.8 Å². The van der Waals surface area contributed by atoms with Gasteiger partial charge in [0.05, 0.1) is 18.4 Å². The lowest BCUT2D eigenvalue weighted by atomic mass is 10.1.